The molecule has 0 heterocycles. The van der Waals surface area contributed by atoms with Gasteiger partial charge in [0.15, 0.2) is 9.84 Å². The highest BCUT2D eigenvalue weighted by molar-refractivity contribution is 7.91. The molecule has 0 aliphatic carbocycles. The predicted octanol–water partition coefficient (Wildman–Crippen LogP) is 2.21. The van der Waals surface area contributed by atoms with Crippen LogP contribution in [0.5, 0.6) is 0 Å². The lowest BCUT2D eigenvalue weighted by Crippen LogP contribution is -2.29. The van der Waals surface area contributed by atoms with E-state index in [4.69, 9.17) is 16.9 Å². The van der Waals surface area contributed by atoms with Crippen molar-refractivity contribution in [3.05, 3.63) is 29.3 Å². The van der Waals surface area contributed by atoms with Crippen LogP contribution in [0.3, 0.4) is 0 Å². The van der Waals surface area contributed by atoms with Gasteiger partial charge in [0.1, 0.15) is 0 Å². The van der Waals surface area contributed by atoms with Gasteiger partial charge in [-0.05, 0) is 38.2 Å². The minimum absolute atomic E-state index is 0.0310. The van der Waals surface area contributed by atoms with Crippen molar-refractivity contribution in [2.24, 2.45) is 5.92 Å². The van der Waals surface area contributed by atoms with Gasteiger partial charge in [-0.15, -0.1) is 0 Å². The summed E-state index contributed by atoms with van der Waals surface area (Å²) in [6, 6.07) is 8.27. The summed E-state index contributed by atoms with van der Waals surface area (Å²) in [6.07, 6.45) is 0. The van der Waals surface area contributed by atoms with Crippen LogP contribution in [0.1, 0.15) is 6.92 Å². The van der Waals surface area contributed by atoms with Crippen LogP contribution in [0.15, 0.2) is 29.2 Å². The summed E-state index contributed by atoms with van der Waals surface area (Å²) >= 11 is 5.73. The molecule has 0 N–H and O–H groups in total. The van der Waals surface area contributed by atoms with Crippen molar-refractivity contribution in [2.45, 2.75) is 11.8 Å². The fraction of sp³-hybridized carbons (Fsp3) is 0.462. The van der Waals surface area contributed by atoms with Gasteiger partial charge < -0.3 is 4.90 Å². The molecule has 4 nitrogen and oxygen atoms in total. The summed E-state index contributed by atoms with van der Waals surface area (Å²) in [5.74, 6) is -0.0771. The average molecular weight is 301 g/mol. The maximum atomic E-state index is 12.1. The first-order chi connectivity index (χ1) is 8.85. The van der Waals surface area contributed by atoms with Crippen LogP contribution in [-0.4, -0.2) is 39.2 Å². The summed E-state index contributed by atoms with van der Waals surface area (Å²) in [5, 5.41) is 9.22. The number of hydrogen-bond acceptors (Lipinski definition) is 4. The second kappa shape index (κ2) is 6.90. The number of sulfone groups is 1. The van der Waals surface area contributed by atoms with Crippen LogP contribution in [0.4, 0.5) is 0 Å². The van der Waals surface area contributed by atoms with Crippen LogP contribution in [-0.2, 0) is 9.84 Å². The normalized spacial score (nSPS) is 13.2. The molecule has 1 rings (SSSR count). The lowest BCUT2D eigenvalue weighted by molar-refractivity contribution is 0.327. The Morgan fingerprint density at radius 1 is 1.37 bits per heavy atom. The Morgan fingerprint density at radius 3 is 2.47 bits per heavy atom. The Bertz CT molecular complexity index is 549. The van der Waals surface area contributed by atoms with Gasteiger partial charge in [0.2, 0.25) is 0 Å². The molecule has 19 heavy (non-hydrogen) atoms. The molecule has 0 saturated carbocycles. The van der Waals surface area contributed by atoms with Crippen LogP contribution in [0.2, 0.25) is 5.02 Å². The Labute approximate surface area is 119 Å². The molecule has 0 radical (unpaired) electrons. The van der Waals surface area contributed by atoms with E-state index in [2.05, 4.69) is 6.07 Å². The third-order valence-electron chi connectivity index (χ3n) is 2.72. The average Bonchev–Trinajstić information content (AvgIpc) is 2.37. The summed E-state index contributed by atoms with van der Waals surface area (Å²) in [6.45, 7) is 2.77. The molecule has 0 bridgehead atoms. The monoisotopic (exact) mass is 300 g/mol. The van der Waals surface area contributed by atoms with Crippen molar-refractivity contribution in [3.8, 4) is 6.07 Å². The van der Waals surface area contributed by atoms with Crippen molar-refractivity contribution in [1.29, 1.82) is 5.26 Å². The van der Waals surface area contributed by atoms with Gasteiger partial charge in [-0.25, -0.2) is 8.42 Å². The smallest absolute Gasteiger partial charge is 0.179 e. The minimum Gasteiger partial charge on any atom is -0.304 e. The molecule has 0 saturated heterocycles. The van der Waals surface area contributed by atoms with Gasteiger partial charge in [-0.2, -0.15) is 5.26 Å². The van der Waals surface area contributed by atoms with Crippen LogP contribution < -0.4 is 0 Å². The van der Waals surface area contributed by atoms with E-state index in [1.54, 1.807) is 12.1 Å². The molecule has 1 aromatic carbocycles. The Morgan fingerprint density at radius 2 is 1.95 bits per heavy atom. The van der Waals surface area contributed by atoms with E-state index < -0.39 is 9.84 Å². The third kappa shape index (κ3) is 5.19. The zero-order valence-electron chi connectivity index (χ0n) is 11.0. The number of halogens is 1. The Kier molecular flexibility index (Phi) is 5.80. The third-order valence-corrected chi connectivity index (χ3v) is 4.68. The molecular weight excluding hydrogens is 284 g/mol. The van der Waals surface area contributed by atoms with Gasteiger partial charge in [0.25, 0.3) is 0 Å². The van der Waals surface area contributed by atoms with Crippen LogP contribution in [0.25, 0.3) is 0 Å². The fourth-order valence-electron chi connectivity index (χ4n) is 1.64. The minimum atomic E-state index is -3.30. The molecule has 1 aromatic rings. The highest BCUT2D eigenvalue weighted by Gasteiger charge is 2.15. The Balaban J connectivity index is 2.61. The van der Waals surface area contributed by atoms with E-state index in [1.807, 2.05) is 18.9 Å². The van der Waals surface area contributed by atoms with Gasteiger partial charge in [-0.1, -0.05) is 11.6 Å². The van der Waals surface area contributed by atoms with Gasteiger partial charge in [-0.3, -0.25) is 0 Å². The molecule has 0 fully saturated rings. The maximum Gasteiger partial charge on any atom is 0.179 e. The maximum absolute atomic E-state index is 12.1. The number of nitriles is 1. The highest BCUT2D eigenvalue weighted by Crippen LogP contribution is 2.15. The lowest BCUT2D eigenvalue weighted by atomic mass is 10.2. The van der Waals surface area contributed by atoms with E-state index in [0.29, 0.717) is 18.1 Å². The van der Waals surface area contributed by atoms with Crippen LogP contribution in [0, 0.1) is 17.2 Å². The summed E-state index contributed by atoms with van der Waals surface area (Å²) in [4.78, 5) is 2.13. The van der Waals surface area contributed by atoms with Gasteiger partial charge in [0.05, 0.1) is 22.6 Å². The second-order valence-electron chi connectivity index (χ2n) is 4.57. The van der Waals surface area contributed by atoms with Crippen molar-refractivity contribution in [1.82, 2.24) is 4.90 Å². The summed E-state index contributed by atoms with van der Waals surface area (Å²) in [5.41, 5.74) is 0. The molecule has 0 unspecified atom stereocenters. The first-order valence-electron chi connectivity index (χ1n) is 5.91. The molecular formula is C13H17ClN2O2S. The Hall–Kier alpha value is -1.09. The summed E-state index contributed by atoms with van der Waals surface area (Å²) < 4.78 is 24.1. The van der Waals surface area contributed by atoms with Crippen LogP contribution >= 0.6 is 11.6 Å². The zero-order chi connectivity index (χ0) is 14.5. The van der Waals surface area contributed by atoms with Gasteiger partial charge >= 0.3 is 0 Å². The first-order valence-corrected chi connectivity index (χ1v) is 7.94. The molecule has 6 heteroatoms. The van der Waals surface area contributed by atoms with E-state index in [-0.39, 0.29) is 16.6 Å². The van der Waals surface area contributed by atoms with E-state index in [9.17, 15) is 8.42 Å². The fourth-order valence-corrected chi connectivity index (χ4v) is 3.10. The van der Waals surface area contributed by atoms with Crippen molar-refractivity contribution in [2.75, 3.05) is 25.9 Å². The predicted molar refractivity (Wildman–Crippen MR) is 75.8 cm³/mol. The van der Waals surface area contributed by atoms with Crippen molar-refractivity contribution in [3.63, 3.8) is 0 Å². The molecule has 0 spiro atoms. The molecule has 0 aliphatic heterocycles. The number of nitrogens with zero attached hydrogens (tertiary/aromatic N) is 2. The SMILES string of the molecule is C[C@@H](C#N)CN(C)CCS(=O)(=O)c1ccc(Cl)cc1. The molecule has 0 aromatic heterocycles. The molecule has 104 valence electrons. The summed E-state index contributed by atoms with van der Waals surface area (Å²) in [7, 11) is -1.49. The zero-order valence-corrected chi connectivity index (χ0v) is 12.6. The molecule has 1 atom stereocenters. The van der Waals surface area contributed by atoms with Crippen molar-refractivity contribution >= 4 is 21.4 Å². The topological polar surface area (TPSA) is 61.2 Å². The number of benzene rings is 1. The van der Waals surface area contributed by atoms with Crippen molar-refractivity contribution < 1.29 is 8.42 Å². The molecule has 0 aliphatic rings. The van der Waals surface area contributed by atoms with E-state index in [0.717, 1.165) is 0 Å². The number of rotatable bonds is 6. The standard InChI is InChI=1S/C13H17ClN2O2S/c1-11(9-15)10-16(2)7-8-19(17,18)13-5-3-12(14)4-6-13/h3-6,11H,7-8,10H2,1-2H3/t11-/m0/s1. The largest absolute Gasteiger partial charge is 0.304 e. The second-order valence-corrected chi connectivity index (χ2v) is 7.11. The van der Waals surface area contributed by atoms with E-state index in [1.165, 1.54) is 12.1 Å². The van der Waals surface area contributed by atoms with Gasteiger partial charge in [0, 0.05) is 18.1 Å². The quantitative estimate of drug-likeness (QED) is 0.808. The lowest BCUT2D eigenvalue weighted by Gasteiger charge is -2.17. The highest BCUT2D eigenvalue weighted by atomic mass is 35.5. The number of hydrogen-bond donors (Lipinski definition) is 0. The first kappa shape index (κ1) is 16.0. The van der Waals surface area contributed by atoms with E-state index >= 15 is 0 Å². The molecule has 0 amide bonds.